The summed E-state index contributed by atoms with van der Waals surface area (Å²) in [5.41, 5.74) is 0.304. The number of rotatable bonds is 5. The fourth-order valence-corrected chi connectivity index (χ4v) is 0.720. The van der Waals surface area contributed by atoms with E-state index in [1.807, 2.05) is 0 Å². The maximum Gasteiger partial charge on any atom is 0.335 e. The molecular weight excluding hydrogens is 140 g/mol. The lowest BCUT2D eigenvalue weighted by molar-refractivity contribution is -0.132. The van der Waals surface area contributed by atoms with Crippen LogP contribution in [0.4, 0.5) is 0 Å². The van der Waals surface area contributed by atoms with E-state index in [-0.39, 0.29) is 0 Å². The highest BCUT2D eigenvalue weighted by Crippen LogP contribution is 2.02. The zero-order chi connectivity index (χ0) is 8.69. The molecule has 0 bridgehead atoms. The van der Waals surface area contributed by atoms with Crippen molar-refractivity contribution in [3.05, 3.63) is 24.3 Å². The van der Waals surface area contributed by atoms with Gasteiger partial charge in [-0.25, -0.2) is 4.79 Å². The van der Waals surface area contributed by atoms with Crippen LogP contribution in [-0.2, 0) is 4.79 Å². The molecule has 0 aromatic carbocycles. The van der Waals surface area contributed by atoms with Crippen molar-refractivity contribution in [2.45, 2.75) is 26.2 Å². The Hall–Kier alpha value is -1.05. The molecule has 2 nitrogen and oxygen atoms in total. The van der Waals surface area contributed by atoms with Gasteiger partial charge in [-0.2, -0.15) is 0 Å². The quantitative estimate of drug-likeness (QED) is 0.375. The molecule has 0 aromatic heterocycles. The van der Waals surface area contributed by atoms with Crippen LogP contribution in [0.3, 0.4) is 0 Å². The summed E-state index contributed by atoms with van der Waals surface area (Å²) in [5.74, 6) is -0.892. The highest BCUT2D eigenvalue weighted by atomic mass is 16.4. The van der Waals surface area contributed by atoms with Crippen LogP contribution in [0.2, 0.25) is 0 Å². The minimum Gasteiger partial charge on any atom is -0.478 e. The molecule has 0 spiro atoms. The zero-order valence-corrected chi connectivity index (χ0v) is 6.84. The van der Waals surface area contributed by atoms with Gasteiger partial charge in [0, 0.05) is 0 Å². The van der Waals surface area contributed by atoms with E-state index in [4.69, 9.17) is 5.11 Å². The first-order valence-electron chi connectivity index (χ1n) is 3.78. The predicted molar refractivity (Wildman–Crippen MR) is 45.4 cm³/mol. The van der Waals surface area contributed by atoms with E-state index in [9.17, 15) is 4.79 Å². The van der Waals surface area contributed by atoms with Crippen LogP contribution in [0.25, 0.3) is 0 Å². The molecule has 1 N–H and O–H groups in total. The number of carboxylic acids is 1. The molecule has 0 fully saturated rings. The predicted octanol–water partition coefficient (Wildman–Crippen LogP) is 2.37. The monoisotopic (exact) mass is 154 g/mol. The minimum absolute atomic E-state index is 0.304. The molecule has 0 amide bonds. The van der Waals surface area contributed by atoms with Crippen molar-refractivity contribution in [1.29, 1.82) is 0 Å². The van der Waals surface area contributed by atoms with Crippen LogP contribution in [0.1, 0.15) is 26.2 Å². The molecule has 62 valence electrons. The third-order valence-electron chi connectivity index (χ3n) is 1.39. The highest BCUT2D eigenvalue weighted by molar-refractivity contribution is 5.89. The molecule has 0 saturated heterocycles. The van der Waals surface area contributed by atoms with Gasteiger partial charge in [0.25, 0.3) is 0 Å². The molecule has 0 unspecified atom stereocenters. The lowest BCUT2D eigenvalue weighted by Gasteiger charge is -1.93. The number of hydrogen-bond donors (Lipinski definition) is 1. The van der Waals surface area contributed by atoms with Crippen LogP contribution in [0.15, 0.2) is 24.3 Å². The van der Waals surface area contributed by atoms with Crippen molar-refractivity contribution in [2.24, 2.45) is 0 Å². The summed E-state index contributed by atoms with van der Waals surface area (Å²) in [7, 11) is 0. The second-order valence-electron chi connectivity index (χ2n) is 2.31. The Balaban J connectivity index is 3.91. The molecule has 11 heavy (non-hydrogen) atoms. The van der Waals surface area contributed by atoms with Gasteiger partial charge in [0.05, 0.1) is 5.57 Å². The smallest absolute Gasteiger partial charge is 0.335 e. The lowest BCUT2D eigenvalue weighted by atomic mass is 10.2. The Kier molecular flexibility index (Phi) is 5.17. The third-order valence-corrected chi connectivity index (χ3v) is 1.39. The molecule has 0 heterocycles. The zero-order valence-electron chi connectivity index (χ0n) is 6.84. The maximum atomic E-state index is 10.4. The van der Waals surface area contributed by atoms with Gasteiger partial charge in [0.2, 0.25) is 0 Å². The molecule has 0 radical (unpaired) electrons. The van der Waals surface area contributed by atoms with Gasteiger partial charge >= 0.3 is 5.97 Å². The Morgan fingerprint density at radius 2 is 2.27 bits per heavy atom. The molecule has 0 aliphatic rings. The molecular formula is C9H14O2. The summed E-state index contributed by atoms with van der Waals surface area (Å²) >= 11 is 0. The molecule has 0 saturated carbocycles. The van der Waals surface area contributed by atoms with Gasteiger partial charge in [-0.1, -0.05) is 38.5 Å². The van der Waals surface area contributed by atoms with Crippen molar-refractivity contribution in [3.8, 4) is 0 Å². The molecule has 0 rings (SSSR count). The van der Waals surface area contributed by atoms with Gasteiger partial charge in [-0.3, -0.25) is 0 Å². The van der Waals surface area contributed by atoms with E-state index >= 15 is 0 Å². The van der Waals surface area contributed by atoms with Crippen LogP contribution in [0, 0.1) is 0 Å². The van der Waals surface area contributed by atoms with Gasteiger partial charge in [-0.05, 0) is 6.42 Å². The molecule has 0 aliphatic heterocycles. The topological polar surface area (TPSA) is 37.3 Å². The summed E-state index contributed by atoms with van der Waals surface area (Å²) in [6.07, 6.45) is 6.02. The average molecular weight is 154 g/mol. The Labute approximate surface area is 67.2 Å². The van der Waals surface area contributed by atoms with E-state index in [0.29, 0.717) is 5.57 Å². The van der Waals surface area contributed by atoms with Crippen LogP contribution in [0.5, 0.6) is 0 Å². The van der Waals surface area contributed by atoms with E-state index in [1.54, 1.807) is 6.08 Å². The summed E-state index contributed by atoms with van der Waals surface area (Å²) in [5, 5.41) is 8.53. The Bertz CT molecular complexity index is 168. The second-order valence-corrected chi connectivity index (χ2v) is 2.31. The molecule has 2 heteroatoms. The normalized spacial score (nSPS) is 11.2. The third kappa shape index (κ3) is 4.37. The van der Waals surface area contributed by atoms with Crippen molar-refractivity contribution in [1.82, 2.24) is 0 Å². The second kappa shape index (κ2) is 5.71. The van der Waals surface area contributed by atoms with Crippen molar-refractivity contribution in [3.63, 3.8) is 0 Å². The van der Waals surface area contributed by atoms with Crippen molar-refractivity contribution >= 4 is 5.97 Å². The van der Waals surface area contributed by atoms with E-state index in [0.717, 1.165) is 19.3 Å². The maximum absolute atomic E-state index is 10.4. The SMILES string of the molecule is C=CC(=CCCCC)C(=O)O. The first-order valence-corrected chi connectivity index (χ1v) is 3.78. The number of aliphatic carboxylic acids is 1. The minimum atomic E-state index is -0.892. The summed E-state index contributed by atoms with van der Waals surface area (Å²) < 4.78 is 0. The number of hydrogen-bond acceptors (Lipinski definition) is 1. The van der Waals surface area contributed by atoms with Crippen molar-refractivity contribution < 1.29 is 9.90 Å². The number of unbranched alkanes of at least 4 members (excludes halogenated alkanes) is 2. The standard InChI is InChI=1S/C9H14O2/c1-3-5-6-7-8(4-2)9(10)11/h4,7H,2-3,5-6H2,1H3,(H,10,11). The highest BCUT2D eigenvalue weighted by Gasteiger charge is 1.99. The summed E-state index contributed by atoms with van der Waals surface area (Å²) in [4.78, 5) is 10.4. The molecule has 0 aliphatic carbocycles. The van der Waals surface area contributed by atoms with Gasteiger partial charge in [-0.15, -0.1) is 0 Å². The van der Waals surface area contributed by atoms with Gasteiger partial charge in [0.1, 0.15) is 0 Å². The van der Waals surface area contributed by atoms with E-state index in [1.165, 1.54) is 6.08 Å². The van der Waals surface area contributed by atoms with Gasteiger partial charge in [0.15, 0.2) is 0 Å². The fraction of sp³-hybridized carbons (Fsp3) is 0.444. The number of carboxylic acid groups (broad SMARTS) is 1. The van der Waals surface area contributed by atoms with Crippen LogP contribution in [-0.4, -0.2) is 11.1 Å². The molecule has 0 aromatic rings. The molecule has 0 atom stereocenters. The lowest BCUT2D eigenvalue weighted by Crippen LogP contribution is -1.96. The Morgan fingerprint density at radius 3 is 2.64 bits per heavy atom. The number of carbonyl (C=O) groups is 1. The van der Waals surface area contributed by atoms with E-state index in [2.05, 4.69) is 13.5 Å². The summed E-state index contributed by atoms with van der Waals surface area (Å²) in [6.45, 7) is 5.48. The van der Waals surface area contributed by atoms with Crippen LogP contribution < -0.4 is 0 Å². The first-order chi connectivity index (χ1) is 5.22. The average Bonchev–Trinajstić information content (AvgIpc) is 1.97. The largest absolute Gasteiger partial charge is 0.478 e. The van der Waals surface area contributed by atoms with Gasteiger partial charge < -0.3 is 5.11 Å². The summed E-state index contributed by atoms with van der Waals surface area (Å²) in [6, 6.07) is 0. The first kappa shape index (κ1) is 9.95. The number of allylic oxidation sites excluding steroid dienone is 1. The van der Waals surface area contributed by atoms with E-state index < -0.39 is 5.97 Å². The fourth-order valence-electron chi connectivity index (χ4n) is 0.720. The Morgan fingerprint density at radius 1 is 1.64 bits per heavy atom. The van der Waals surface area contributed by atoms with Crippen molar-refractivity contribution in [2.75, 3.05) is 0 Å². The van der Waals surface area contributed by atoms with Crippen LogP contribution >= 0.6 is 0 Å².